The molecule has 1 nitrogen and oxygen atoms in total. The molecule has 0 aliphatic rings. The molecule has 0 heterocycles. The first-order valence-electron chi connectivity index (χ1n) is 3.78. The fraction of sp³-hybridized carbons (Fsp3) is 0.0909. The molecule has 0 N–H and O–H groups in total. The summed E-state index contributed by atoms with van der Waals surface area (Å²) in [5.41, 5.74) is 1.21. The zero-order valence-electron chi connectivity index (χ0n) is 7.21. The van der Waals surface area contributed by atoms with Gasteiger partial charge in [0.1, 0.15) is 11.5 Å². The molecule has 0 saturated heterocycles. The van der Waals surface area contributed by atoms with Gasteiger partial charge in [0, 0.05) is 0 Å². The molecule has 0 amide bonds. The third kappa shape index (κ3) is 2.27. The van der Waals surface area contributed by atoms with E-state index in [1.165, 1.54) is 5.56 Å². The number of aryl methyl sites for hydroxylation is 1. The quantitative estimate of drug-likeness (QED) is 0.487. The summed E-state index contributed by atoms with van der Waals surface area (Å²) in [6.45, 7) is 9.23. The second-order valence-electron chi connectivity index (χ2n) is 2.59. The Bertz CT molecular complexity index is 282. The van der Waals surface area contributed by atoms with Crippen LogP contribution in [-0.2, 0) is 0 Å². The third-order valence-corrected chi connectivity index (χ3v) is 1.50. The smallest absolute Gasteiger partial charge is 0.127 e. The molecule has 0 aromatic heterocycles. The number of benzene rings is 1. The lowest BCUT2D eigenvalue weighted by Crippen LogP contribution is -1.88. The van der Waals surface area contributed by atoms with Crippen molar-refractivity contribution in [3.8, 4) is 5.75 Å². The van der Waals surface area contributed by atoms with Gasteiger partial charge in [0.2, 0.25) is 0 Å². The molecule has 1 heteroatoms. The minimum Gasteiger partial charge on any atom is -0.458 e. The molecule has 12 heavy (non-hydrogen) atoms. The van der Waals surface area contributed by atoms with Crippen LogP contribution in [0.15, 0.2) is 49.3 Å². The molecular weight excluding hydrogens is 148 g/mol. The molecule has 0 unspecified atom stereocenters. The molecular formula is C11H12O. The van der Waals surface area contributed by atoms with Crippen LogP contribution < -0.4 is 4.74 Å². The highest BCUT2D eigenvalue weighted by atomic mass is 16.5. The summed E-state index contributed by atoms with van der Waals surface area (Å²) < 4.78 is 5.31. The lowest BCUT2D eigenvalue weighted by atomic mass is 10.2. The highest BCUT2D eigenvalue weighted by molar-refractivity contribution is 5.28. The van der Waals surface area contributed by atoms with E-state index in [9.17, 15) is 0 Å². The summed E-state index contributed by atoms with van der Waals surface area (Å²) in [5, 5.41) is 0. The van der Waals surface area contributed by atoms with E-state index >= 15 is 0 Å². The van der Waals surface area contributed by atoms with Crippen LogP contribution in [0.5, 0.6) is 5.75 Å². The van der Waals surface area contributed by atoms with Gasteiger partial charge in [-0.2, -0.15) is 0 Å². The van der Waals surface area contributed by atoms with Crippen LogP contribution in [0, 0.1) is 6.92 Å². The Kier molecular flexibility index (Phi) is 2.70. The SMILES string of the molecule is C=CC(=C)Oc1ccc(C)cc1. The van der Waals surface area contributed by atoms with E-state index in [2.05, 4.69) is 13.2 Å². The molecule has 1 aromatic carbocycles. The maximum atomic E-state index is 5.31. The average Bonchev–Trinajstić information content (AvgIpc) is 2.09. The van der Waals surface area contributed by atoms with Crippen LogP contribution in [0.4, 0.5) is 0 Å². The van der Waals surface area contributed by atoms with E-state index in [0.717, 1.165) is 5.75 Å². The van der Waals surface area contributed by atoms with Gasteiger partial charge >= 0.3 is 0 Å². The predicted octanol–water partition coefficient (Wildman–Crippen LogP) is 3.07. The van der Waals surface area contributed by atoms with E-state index in [4.69, 9.17) is 4.74 Å². The normalized spacial score (nSPS) is 9.08. The second kappa shape index (κ2) is 3.77. The van der Waals surface area contributed by atoms with E-state index in [1.54, 1.807) is 6.08 Å². The molecule has 0 saturated carbocycles. The van der Waals surface area contributed by atoms with Crippen molar-refractivity contribution in [1.29, 1.82) is 0 Å². The van der Waals surface area contributed by atoms with Crippen molar-refractivity contribution >= 4 is 0 Å². The van der Waals surface area contributed by atoms with Crippen molar-refractivity contribution in [3.63, 3.8) is 0 Å². The molecule has 0 aliphatic carbocycles. The van der Waals surface area contributed by atoms with Gasteiger partial charge in [0.25, 0.3) is 0 Å². The standard InChI is InChI=1S/C11H12O/c1-4-10(3)12-11-7-5-9(2)6-8-11/h4-8H,1,3H2,2H3. The van der Waals surface area contributed by atoms with Gasteiger partial charge in [-0.25, -0.2) is 0 Å². The first kappa shape index (κ1) is 8.60. The molecule has 0 fully saturated rings. The van der Waals surface area contributed by atoms with E-state index in [-0.39, 0.29) is 0 Å². The molecule has 0 atom stereocenters. The van der Waals surface area contributed by atoms with Gasteiger partial charge in [-0.3, -0.25) is 0 Å². The molecule has 1 aromatic rings. The Hall–Kier alpha value is -1.50. The maximum absolute atomic E-state index is 5.31. The van der Waals surface area contributed by atoms with Crippen molar-refractivity contribution < 1.29 is 4.74 Å². The minimum absolute atomic E-state index is 0.568. The van der Waals surface area contributed by atoms with Crippen LogP contribution in [0.3, 0.4) is 0 Å². The van der Waals surface area contributed by atoms with Gasteiger partial charge in [-0.05, 0) is 25.1 Å². The van der Waals surface area contributed by atoms with E-state index < -0.39 is 0 Å². The first-order chi connectivity index (χ1) is 5.72. The topological polar surface area (TPSA) is 9.23 Å². The van der Waals surface area contributed by atoms with Crippen LogP contribution in [0.2, 0.25) is 0 Å². The van der Waals surface area contributed by atoms with E-state index in [0.29, 0.717) is 5.76 Å². The molecule has 62 valence electrons. The Morgan fingerprint density at radius 1 is 1.33 bits per heavy atom. The van der Waals surface area contributed by atoms with Gasteiger partial charge in [0.05, 0.1) is 0 Å². The summed E-state index contributed by atoms with van der Waals surface area (Å²) >= 11 is 0. The van der Waals surface area contributed by atoms with Gasteiger partial charge < -0.3 is 4.74 Å². The number of rotatable bonds is 3. The van der Waals surface area contributed by atoms with Gasteiger partial charge in [-0.15, -0.1) is 0 Å². The van der Waals surface area contributed by atoms with Crippen LogP contribution >= 0.6 is 0 Å². The summed E-state index contributed by atoms with van der Waals surface area (Å²) in [6, 6.07) is 7.80. The highest BCUT2D eigenvalue weighted by Crippen LogP contribution is 2.13. The first-order valence-corrected chi connectivity index (χ1v) is 3.78. The Labute approximate surface area is 73.0 Å². The lowest BCUT2D eigenvalue weighted by Gasteiger charge is -2.03. The van der Waals surface area contributed by atoms with E-state index in [1.807, 2.05) is 31.2 Å². The van der Waals surface area contributed by atoms with Crippen molar-refractivity contribution in [2.45, 2.75) is 6.92 Å². The molecule has 0 aliphatic heterocycles. The highest BCUT2D eigenvalue weighted by Gasteiger charge is 1.92. The zero-order chi connectivity index (χ0) is 8.97. The Balaban J connectivity index is 2.71. The Morgan fingerprint density at radius 3 is 2.42 bits per heavy atom. The molecule has 0 radical (unpaired) electrons. The molecule has 1 rings (SSSR count). The van der Waals surface area contributed by atoms with Gasteiger partial charge in [-0.1, -0.05) is 30.9 Å². The largest absolute Gasteiger partial charge is 0.458 e. The van der Waals surface area contributed by atoms with Crippen molar-refractivity contribution in [2.75, 3.05) is 0 Å². The van der Waals surface area contributed by atoms with Crippen molar-refractivity contribution in [3.05, 3.63) is 54.8 Å². The molecule has 0 spiro atoms. The van der Waals surface area contributed by atoms with Crippen molar-refractivity contribution in [1.82, 2.24) is 0 Å². The zero-order valence-corrected chi connectivity index (χ0v) is 7.21. The van der Waals surface area contributed by atoms with Crippen LogP contribution in [0.1, 0.15) is 5.56 Å². The van der Waals surface area contributed by atoms with Crippen molar-refractivity contribution in [2.24, 2.45) is 0 Å². The Morgan fingerprint density at radius 2 is 1.92 bits per heavy atom. The number of ether oxygens (including phenoxy) is 1. The van der Waals surface area contributed by atoms with Crippen LogP contribution in [-0.4, -0.2) is 0 Å². The second-order valence-corrected chi connectivity index (χ2v) is 2.59. The fourth-order valence-electron chi connectivity index (χ4n) is 0.799. The molecule has 0 bridgehead atoms. The lowest BCUT2D eigenvalue weighted by molar-refractivity contribution is 0.447. The minimum atomic E-state index is 0.568. The summed E-state index contributed by atoms with van der Waals surface area (Å²) in [7, 11) is 0. The number of hydrogen-bond donors (Lipinski definition) is 0. The monoisotopic (exact) mass is 160 g/mol. The summed E-state index contributed by atoms with van der Waals surface area (Å²) in [5.74, 6) is 1.37. The summed E-state index contributed by atoms with van der Waals surface area (Å²) in [6.07, 6.45) is 1.58. The average molecular weight is 160 g/mol. The fourth-order valence-corrected chi connectivity index (χ4v) is 0.799. The van der Waals surface area contributed by atoms with Crippen LogP contribution in [0.25, 0.3) is 0 Å². The number of allylic oxidation sites excluding steroid dienone is 1. The maximum Gasteiger partial charge on any atom is 0.127 e. The van der Waals surface area contributed by atoms with Gasteiger partial charge in [0.15, 0.2) is 0 Å². The third-order valence-electron chi connectivity index (χ3n) is 1.50. The summed E-state index contributed by atoms with van der Waals surface area (Å²) in [4.78, 5) is 0. The predicted molar refractivity (Wildman–Crippen MR) is 51.1 cm³/mol. The number of hydrogen-bond acceptors (Lipinski definition) is 1.